The molecule has 0 aromatic rings. The first kappa shape index (κ1) is 19.3. The summed E-state index contributed by atoms with van der Waals surface area (Å²) in [6, 6.07) is 0.634. The third kappa shape index (κ3) is 4.06. The van der Waals surface area contributed by atoms with Gasteiger partial charge in [-0.2, -0.15) is 13.2 Å². The second-order valence-corrected chi connectivity index (χ2v) is 9.18. The quantitative estimate of drug-likeness (QED) is 0.805. The van der Waals surface area contributed by atoms with Crippen LogP contribution >= 0.6 is 0 Å². The first-order valence-electron chi connectivity index (χ1n) is 10.3. The molecule has 4 fully saturated rings. The zero-order valence-electron chi connectivity index (χ0n) is 15.8. The Labute approximate surface area is 158 Å². The molecule has 8 heteroatoms. The van der Waals surface area contributed by atoms with E-state index in [9.17, 15) is 18.0 Å². The molecule has 0 radical (unpaired) electrons. The van der Waals surface area contributed by atoms with Crippen LogP contribution in [-0.2, 0) is 0 Å². The van der Waals surface area contributed by atoms with Crippen LogP contribution in [-0.4, -0.2) is 83.4 Å². The highest BCUT2D eigenvalue weighted by molar-refractivity contribution is 5.65. The van der Waals surface area contributed by atoms with Gasteiger partial charge in [0.1, 0.15) is 0 Å². The summed E-state index contributed by atoms with van der Waals surface area (Å²) < 4.78 is 38.4. The van der Waals surface area contributed by atoms with Crippen molar-refractivity contribution in [2.45, 2.75) is 63.2 Å². The average Bonchev–Trinajstić information content (AvgIpc) is 3.19. The molecule has 3 heterocycles. The van der Waals surface area contributed by atoms with Crippen molar-refractivity contribution in [3.8, 4) is 0 Å². The number of amides is 1. The van der Waals surface area contributed by atoms with Crippen LogP contribution in [0, 0.1) is 11.3 Å². The predicted molar refractivity (Wildman–Crippen MR) is 94.6 cm³/mol. The van der Waals surface area contributed by atoms with Gasteiger partial charge in [0.05, 0.1) is 6.54 Å². The van der Waals surface area contributed by atoms with Gasteiger partial charge in [-0.25, -0.2) is 4.79 Å². The standard InChI is InChI=1S/C19H30F3N3O2/c20-19(21,22)13-24-6-1-2-16(24)14-3-7-23(8-4-14)15-10-18(11-15)5-9-25(12-18)17(26)27/h14-16H,1-13H2,(H,26,27)/t15?,16-,18?/m0/s1. The molecule has 4 aliphatic rings. The maximum atomic E-state index is 12.8. The zero-order valence-corrected chi connectivity index (χ0v) is 15.8. The summed E-state index contributed by atoms with van der Waals surface area (Å²) >= 11 is 0. The fourth-order valence-corrected chi connectivity index (χ4v) is 6.11. The fourth-order valence-electron chi connectivity index (χ4n) is 6.11. The zero-order chi connectivity index (χ0) is 19.2. The van der Waals surface area contributed by atoms with E-state index in [2.05, 4.69) is 4.90 Å². The van der Waals surface area contributed by atoms with Crippen molar-refractivity contribution in [2.75, 3.05) is 39.3 Å². The molecular formula is C19H30F3N3O2. The maximum Gasteiger partial charge on any atom is 0.407 e. The van der Waals surface area contributed by atoms with Crippen molar-refractivity contribution in [2.24, 2.45) is 11.3 Å². The summed E-state index contributed by atoms with van der Waals surface area (Å²) in [6.45, 7) is 3.10. The summed E-state index contributed by atoms with van der Waals surface area (Å²) in [5.74, 6) is 0.383. The van der Waals surface area contributed by atoms with Crippen LogP contribution in [0.3, 0.4) is 0 Å². The summed E-state index contributed by atoms with van der Waals surface area (Å²) in [4.78, 5) is 16.8. The summed E-state index contributed by atoms with van der Waals surface area (Å²) in [7, 11) is 0. The van der Waals surface area contributed by atoms with E-state index >= 15 is 0 Å². The van der Waals surface area contributed by atoms with E-state index in [4.69, 9.17) is 5.11 Å². The Morgan fingerprint density at radius 3 is 2.37 bits per heavy atom. The highest BCUT2D eigenvalue weighted by Crippen LogP contribution is 2.50. The lowest BCUT2D eigenvalue weighted by Crippen LogP contribution is -2.55. The minimum Gasteiger partial charge on any atom is -0.465 e. The molecule has 27 heavy (non-hydrogen) atoms. The molecule has 1 aliphatic carbocycles. The molecule has 1 amide bonds. The van der Waals surface area contributed by atoms with Crippen molar-refractivity contribution >= 4 is 6.09 Å². The van der Waals surface area contributed by atoms with Gasteiger partial charge >= 0.3 is 12.3 Å². The van der Waals surface area contributed by atoms with E-state index in [-0.39, 0.29) is 11.5 Å². The predicted octanol–water partition coefficient (Wildman–Crippen LogP) is 3.26. The first-order valence-corrected chi connectivity index (χ1v) is 10.3. The number of nitrogens with zero attached hydrogens (tertiary/aromatic N) is 3. The average molecular weight is 389 g/mol. The molecule has 0 unspecified atom stereocenters. The first-order chi connectivity index (χ1) is 12.7. The third-order valence-corrected chi connectivity index (χ3v) is 7.48. The summed E-state index contributed by atoms with van der Waals surface area (Å²) in [5, 5.41) is 9.15. The normalized spacial score (nSPS) is 36.5. The molecule has 4 rings (SSSR count). The van der Waals surface area contributed by atoms with E-state index in [0.717, 1.165) is 58.0 Å². The van der Waals surface area contributed by atoms with Crippen LogP contribution in [0.5, 0.6) is 0 Å². The molecule has 0 aromatic carbocycles. The van der Waals surface area contributed by atoms with Crippen molar-refractivity contribution in [3.63, 3.8) is 0 Å². The number of halogens is 3. The largest absolute Gasteiger partial charge is 0.465 e. The molecule has 3 saturated heterocycles. The maximum absolute atomic E-state index is 12.8. The van der Waals surface area contributed by atoms with Gasteiger partial charge < -0.3 is 14.9 Å². The van der Waals surface area contributed by atoms with E-state index in [1.54, 1.807) is 4.90 Å². The summed E-state index contributed by atoms with van der Waals surface area (Å²) in [5.41, 5.74) is 0.189. The Balaban J connectivity index is 1.24. The molecule has 1 atom stereocenters. The lowest BCUT2D eigenvalue weighted by atomic mass is 9.64. The molecule has 1 spiro atoms. The number of carbonyl (C=O) groups is 1. The molecule has 1 N–H and O–H groups in total. The van der Waals surface area contributed by atoms with Gasteiger partial charge in [0.15, 0.2) is 0 Å². The number of likely N-dealkylation sites (tertiary alicyclic amines) is 3. The van der Waals surface area contributed by atoms with Gasteiger partial charge in [0.25, 0.3) is 0 Å². The Hall–Kier alpha value is -1.02. The van der Waals surface area contributed by atoms with Crippen molar-refractivity contribution in [1.82, 2.24) is 14.7 Å². The Kier molecular flexibility index (Phi) is 5.08. The van der Waals surface area contributed by atoms with Crippen molar-refractivity contribution in [1.29, 1.82) is 0 Å². The second-order valence-electron chi connectivity index (χ2n) is 9.18. The van der Waals surface area contributed by atoms with Crippen LogP contribution in [0.4, 0.5) is 18.0 Å². The topological polar surface area (TPSA) is 47.0 Å². The number of carboxylic acid groups (broad SMARTS) is 1. The molecule has 1 saturated carbocycles. The smallest absolute Gasteiger partial charge is 0.407 e. The van der Waals surface area contributed by atoms with Crippen LogP contribution < -0.4 is 0 Å². The minimum absolute atomic E-state index is 0.0977. The highest BCUT2D eigenvalue weighted by atomic mass is 19.4. The van der Waals surface area contributed by atoms with Gasteiger partial charge in [-0.05, 0) is 75.9 Å². The van der Waals surface area contributed by atoms with Crippen molar-refractivity contribution in [3.05, 3.63) is 0 Å². The van der Waals surface area contributed by atoms with Gasteiger partial charge in [0, 0.05) is 25.2 Å². The molecule has 3 aliphatic heterocycles. The van der Waals surface area contributed by atoms with E-state index in [1.807, 2.05) is 0 Å². The number of piperidine rings is 1. The van der Waals surface area contributed by atoms with Crippen LogP contribution in [0.15, 0.2) is 0 Å². The SMILES string of the molecule is O=C(O)N1CCC2(CC(N3CCC([C@@H]4CCCN4CC(F)(F)F)CC3)C2)C1. The summed E-state index contributed by atoms with van der Waals surface area (Å²) in [6.07, 6.45) is 1.97. The number of rotatable bonds is 3. The third-order valence-electron chi connectivity index (χ3n) is 7.48. The van der Waals surface area contributed by atoms with Crippen LogP contribution in [0.1, 0.15) is 44.9 Å². The molecule has 5 nitrogen and oxygen atoms in total. The minimum atomic E-state index is -4.10. The molecule has 154 valence electrons. The highest BCUT2D eigenvalue weighted by Gasteiger charge is 2.51. The van der Waals surface area contributed by atoms with Crippen molar-refractivity contribution < 1.29 is 23.1 Å². The molecule has 0 aromatic heterocycles. The molecular weight excluding hydrogens is 359 g/mol. The van der Waals surface area contributed by atoms with Gasteiger partial charge in [-0.1, -0.05) is 0 Å². The van der Waals surface area contributed by atoms with E-state index in [1.165, 1.54) is 4.90 Å². The lowest BCUT2D eigenvalue weighted by Gasteiger charge is -2.52. The lowest BCUT2D eigenvalue weighted by molar-refractivity contribution is -0.150. The van der Waals surface area contributed by atoms with E-state index < -0.39 is 18.8 Å². The Morgan fingerprint density at radius 1 is 1.07 bits per heavy atom. The van der Waals surface area contributed by atoms with Crippen LogP contribution in [0.2, 0.25) is 0 Å². The molecule has 0 bridgehead atoms. The van der Waals surface area contributed by atoms with E-state index in [0.29, 0.717) is 31.6 Å². The van der Waals surface area contributed by atoms with Gasteiger partial charge in [0.2, 0.25) is 0 Å². The van der Waals surface area contributed by atoms with Crippen LogP contribution in [0.25, 0.3) is 0 Å². The monoisotopic (exact) mass is 389 g/mol. The second kappa shape index (κ2) is 7.10. The fraction of sp³-hybridized carbons (Fsp3) is 0.947. The van der Waals surface area contributed by atoms with Gasteiger partial charge in [-0.15, -0.1) is 0 Å². The number of alkyl halides is 3. The Morgan fingerprint density at radius 2 is 1.78 bits per heavy atom. The van der Waals surface area contributed by atoms with Gasteiger partial charge in [-0.3, -0.25) is 4.90 Å². The number of hydrogen-bond donors (Lipinski definition) is 1. The Bertz CT molecular complexity index is 557. The number of hydrogen-bond acceptors (Lipinski definition) is 3.